The summed E-state index contributed by atoms with van der Waals surface area (Å²) in [6, 6.07) is 44.3. The van der Waals surface area contributed by atoms with E-state index < -0.39 is 0 Å². The Morgan fingerprint density at radius 2 is 0.612 bits per heavy atom. The Bertz CT molecular complexity index is 2900. The summed E-state index contributed by atoms with van der Waals surface area (Å²) in [5.41, 5.74) is 8.56. The zero-order chi connectivity index (χ0) is 32.1. The molecule has 4 nitrogen and oxygen atoms in total. The van der Waals surface area contributed by atoms with Gasteiger partial charge in [-0.1, -0.05) is 84.9 Å². The van der Waals surface area contributed by atoms with Gasteiger partial charge in [-0.25, -0.2) is 0 Å². The molecule has 0 bridgehead atoms. The van der Waals surface area contributed by atoms with E-state index in [-0.39, 0.29) is 0 Å². The van der Waals surface area contributed by atoms with Gasteiger partial charge in [-0.15, -0.1) is 11.3 Å². The highest BCUT2D eigenvalue weighted by atomic mass is 32.1. The number of fused-ring (bicyclic) bond motifs is 15. The van der Waals surface area contributed by atoms with Crippen molar-refractivity contribution in [3.05, 3.63) is 146 Å². The SMILES string of the molecule is c1ccc2c(c1)c1cc(-c3ccc4sc5ccc(-c6ccc7c(c6)c6ccccc6c6nccnc76)cc5c4c3)ccc1c1nccnc21. The monoisotopic (exact) mass is 640 g/mol. The van der Waals surface area contributed by atoms with Crippen LogP contribution in [0.4, 0.5) is 0 Å². The van der Waals surface area contributed by atoms with E-state index in [0.29, 0.717) is 0 Å². The van der Waals surface area contributed by atoms with Gasteiger partial charge in [0.05, 0.1) is 22.1 Å². The molecule has 0 radical (unpaired) electrons. The summed E-state index contributed by atoms with van der Waals surface area (Å²) < 4.78 is 2.58. The van der Waals surface area contributed by atoms with Gasteiger partial charge in [0.25, 0.3) is 0 Å². The van der Waals surface area contributed by atoms with Crippen molar-refractivity contribution in [1.29, 1.82) is 0 Å². The number of hydrogen-bond donors (Lipinski definition) is 0. The molecule has 0 aliphatic carbocycles. The minimum atomic E-state index is 0.942. The Balaban J connectivity index is 1.08. The van der Waals surface area contributed by atoms with Gasteiger partial charge in [0.15, 0.2) is 0 Å². The first-order valence-corrected chi connectivity index (χ1v) is 17.2. The van der Waals surface area contributed by atoms with E-state index in [1.165, 1.54) is 64.0 Å². The molecule has 0 aliphatic heterocycles. The number of rotatable bonds is 2. The molecule has 0 spiro atoms. The van der Waals surface area contributed by atoms with Crippen LogP contribution in [0.3, 0.4) is 0 Å². The van der Waals surface area contributed by atoms with Crippen molar-refractivity contribution in [2.24, 2.45) is 0 Å². The molecule has 11 rings (SSSR count). The van der Waals surface area contributed by atoms with Crippen molar-refractivity contribution in [2.75, 3.05) is 0 Å². The fourth-order valence-electron chi connectivity index (χ4n) is 7.76. The van der Waals surface area contributed by atoms with E-state index in [0.717, 1.165) is 43.6 Å². The molecule has 0 unspecified atom stereocenters. The van der Waals surface area contributed by atoms with Crippen LogP contribution in [0.25, 0.3) is 108 Å². The molecule has 11 aromatic rings. The summed E-state index contributed by atoms with van der Waals surface area (Å²) >= 11 is 1.85. The van der Waals surface area contributed by atoms with E-state index in [1.54, 1.807) is 24.8 Å². The Labute approximate surface area is 284 Å². The Hall–Kier alpha value is -6.30. The fourth-order valence-corrected chi connectivity index (χ4v) is 8.82. The van der Waals surface area contributed by atoms with Crippen LogP contribution in [0, 0.1) is 0 Å². The molecule has 3 heterocycles. The summed E-state index contributed by atoms with van der Waals surface area (Å²) in [6.07, 6.45) is 7.12. The molecule has 226 valence electrons. The van der Waals surface area contributed by atoms with Crippen molar-refractivity contribution in [1.82, 2.24) is 19.9 Å². The molecule has 0 saturated carbocycles. The topological polar surface area (TPSA) is 51.6 Å². The summed E-state index contributed by atoms with van der Waals surface area (Å²) in [5, 5.41) is 11.9. The van der Waals surface area contributed by atoms with E-state index in [4.69, 9.17) is 19.9 Å². The number of thiophene rings is 1. The average Bonchev–Trinajstić information content (AvgIpc) is 3.55. The summed E-state index contributed by atoms with van der Waals surface area (Å²) in [6.45, 7) is 0. The van der Waals surface area contributed by atoms with E-state index in [1.807, 2.05) is 11.3 Å². The second-order valence-corrected chi connectivity index (χ2v) is 13.7. The normalized spacial score (nSPS) is 12.1. The quantitative estimate of drug-likeness (QED) is 0.176. The Morgan fingerprint density at radius 1 is 0.286 bits per heavy atom. The minimum absolute atomic E-state index is 0.942. The van der Waals surface area contributed by atoms with Crippen molar-refractivity contribution >= 4 is 96.7 Å². The first-order chi connectivity index (χ1) is 24.3. The lowest BCUT2D eigenvalue weighted by atomic mass is 9.94. The minimum Gasteiger partial charge on any atom is -0.252 e. The van der Waals surface area contributed by atoms with Gasteiger partial charge in [-0.2, -0.15) is 0 Å². The lowest BCUT2D eigenvalue weighted by Crippen LogP contribution is -1.89. The van der Waals surface area contributed by atoms with Gasteiger partial charge >= 0.3 is 0 Å². The Kier molecular flexibility index (Phi) is 5.51. The smallest absolute Gasteiger partial charge is 0.0971 e. The molecule has 0 fully saturated rings. The molecule has 0 aliphatic rings. The first kappa shape index (κ1) is 26.7. The molecule has 49 heavy (non-hydrogen) atoms. The molecule has 0 N–H and O–H groups in total. The van der Waals surface area contributed by atoms with Crippen LogP contribution >= 0.6 is 11.3 Å². The molecular formula is C44H24N4S. The second-order valence-electron chi connectivity index (χ2n) is 12.6. The van der Waals surface area contributed by atoms with Crippen LogP contribution in [-0.2, 0) is 0 Å². The molecule has 0 saturated heterocycles. The molecule has 0 amide bonds. The molecule has 8 aromatic carbocycles. The Morgan fingerprint density at radius 3 is 1.02 bits per heavy atom. The molecule has 0 atom stereocenters. The van der Waals surface area contributed by atoms with Crippen LogP contribution in [0.1, 0.15) is 0 Å². The standard InChI is InChI=1S/C44H24N4S/c1-3-7-31-29(5-1)35-21-25(9-13-33(35)43-41(31)45-17-19-47-43)27-11-15-39-37(23-27)38-24-28(12-16-40(38)49-39)26-10-14-34-36(22-26)30-6-2-4-8-32(30)42-44(34)48-20-18-46-42/h1-24H. The van der Waals surface area contributed by atoms with Crippen LogP contribution in [0.15, 0.2) is 146 Å². The molecular weight excluding hydrogens is 617 g/mol. The van der Waals surface area contributed by atoms with Gasteiger partial charge < -0.3 is 0 Å². The van der Waals surface area contributed by atoms with Crippen LogP contribution in [-0.4, -0.2) is 19.9 Å². The van der Waals surface area contributed by atoms with Crippen molar-refractivity contribution in [3.63, 3.8) is 0 Å². The van der Waals surface area contributed by atoms with Gasteiger partial charge in [-0.05, 0) is 80.2 Å². The summed E-state index contributed by atoms with van der Waals surface area (Å²) in [4.78, 5) is 18.9. The van der Waals surface area contributed by atoms with E-state index >= 15 is 0 Å². The van der Waals surface area contributed by atoms with Crippen LogP contribution in [0.5, 0.6) is 0 Å². The van der Waals surface area contributed by atoms with E-state index in [9.17, 15) is 0 Å². The third-order valence-corrected chi connectivity index (χ3v) is 11.2. The van der Waals surface area contributed by atoms with Crippen molar-refractivity contribution in [2.45, 2.75) is 0 Å². The van der Waals surface area contributed by atoms with E-state index in [2.05, 4.69) is 121 Å². The number of hydrogen-bond acceptors (Lipinski definition) is 5. The highest BCUT2D eigenvalue weighted by Gasteiger charge is 2.15. The maximum absolute atomic E-state index is 4.74. The maximum atomic E-state index is 4.74. The van der Waals surface area contributed by atoms with Gasteiger partial charge in [0.1, 0.15) is 0 Å². The van der Waals surface area contributed by atoms with Gasteiger partial charge in [0, 0.05) is 66.5 Å². The lowest BCUT2D eigenvalue weighted by molar-refractivity contribution is 1.31. The number of aromatic nitrogens is 4. The predicted octanol–water partition coefficient (Wildman–Crippen LogP) is 11.9. The summed E-state index contributed by atoms with van der Waals surface area (Å²) in [5.74, 6) is 0. The predicted molar refractivity (Wildman–Crippen MR) is 206 cm³/mol. The largest absolute Gasteiger partial charge is 0.252 e. The third kappa shape index (κ3) is 3.91. The fraction of sp³-hybridized carbons (Fsp3) is 0. The zero-order valence-electron chi connectivity index (χ0n) is 26.1. The maximum Gasteiger partial charge on any atom is 0.0971 e. The summed E-state index contributed by atoms with van der Waals surface area (Å²) in [7, 11) is 0. The van der Waals surface area contributed by atoms with Crippen molar-refractivity contribution < 1.29 is 0 Å². The molecule has 3 aromatic heterocycles. The third-order valence-electron chi connectivity index (χ3n) is 10.0. The number of nitrogens with zero attached hydrogens (tertiary/aromatic N) is 4. The van der Waals surface area contributed by atoms with Crippen LogP contribution < -0.4 is 0 Å². The average molecular weight is 641 g/mol. The zero-order valence-corrected chi connectivity index (χ0v) is 26.9. The number of benzene rings is 8. The van der Waals surface area contributed by atoms with Crippen molar-refractivity contribution in [3.8, 4) is 22.3 Å². The van der Waals surface area contributed by atoms with Gasteiger partial charge in [-0.3, -0.25) is 19.9 Å². The van der Waals surface area contributed by atoms with Crippen LogP contribution in [0.2, 0.25) is 0 Å². The first-order valence-electron chi connectivity index (χ1n) is 16.4. The second kappa shape index (κ2) is 10.1. The highest BCUT2D eigenvalue weighted by Crippen LogP contribution is 2.41. The lowest BCUT2D eigenvalue weighted by Gasteiger charge is -2.11. The molecule has 5 heteroatoms. The van der Waals surface area contributed by atoms with Gasteiger partial charge in [0.2, 0.25) is 0 Å². The highest BCUT2D eigenvalue weighted by molar-refractivity contribution is 7.25.